The molecule has 0 aliphatic carbocycles. The normalized spacial score (nSPS) is 20.9. The Bertz CT molecular complexity index is 591. The van der Waals surface area contributed by atoms with Gasteiger partial charge in [0, 0.05) is 25.2 Å². The number of carbonyl (C=O) groups is 2. The van der Waals surface area contributed by atoms with Crippen molar-refractivity contribution in [1.29, 1.82) is 0 Å². The minimum absolute atomic E-state index is 0.0705. The summed E-state index contributed by atoms with van der Waals surface area (Å²) in [5.41, 5.74) is 2.09. The van der Waals surface area contributed by atoms with Crippen LogP contribution in [0.2, 0.25) is 0 Å². The van der Waals surface area contributed by atoms with Crippen molar-refractivity contribution in [1.82, 2.24) is 4.90 Å². The van der Waals surface area contributed by atoms with Crippen LogP contribution in [0.1, 0.15) is 45.1 Å². The summed E-state index contributed by atoms with van der Waals surface area (Å²) in [6.07, 6.45) is 4.39. The molecule has 1 aromatic rings. The van der Waals surface area contributed by atoms with Crippen LogP contribution < -0.4 is 4.90 Å². The maximum absolute atomic E-state index is 12.9. The van der Waals surface area contributed by atoms with E-state index in [4.69, 9.17) is 0 Å². The standard InChI is InChI=1S/C19H26N2O2/c1-14-10-12-20(13-11-14)19(23)15(2)21-17-8-4-3-6-16(17)7-5-9-18(21)22/h3-4,6,8,14-15H,5,7,9-13H2,1-2H3/t15-/m0/s1. The Labute approximate surface area is 138 Å². The molecule has 0 saturated carbocycles. The van der Waals surface area contributed by atoms with E-state index in [-0.39, 0.29) is 11.8 Å². The van der Waals surface area contributed by atoms with Gasteiger partial charge in [-0.05, 0) is 50.2 Å². The fourth-order valence-corrected chi connectivity index (χ4v) is 3.67. The molecule has 2 heterocycles. The van der Waals surface area contributed by atoms with Crippen molar-refractivity contribution in [2.24, 2.45) is 5.92 Å². The monoisotopic (exact) mass is 314 g/mol. The number of anilines is 1. The zero-order valence-corrected chi connectivity index (χ0v) is 14.1. The van der Waals surface area contributed by atoms with E-state index < -0.39 is 6.04 Å². The van der Waals surface area contributed by atoms with Crippen LogP contribution in [-0.2, 0) is 16.0 Å². The molecule has 23 heavy (non-hydrogen) atoms. The summed E-state index contributed by atoms with van der Waals surface area (Å²) in [5.74, 6) is 0.845. The van der Waals surface area contributed by atoms with Crippen LogP contribution in [0, 0.1) is 5.92 Å². The highest BCUT2D eigenvalue weighted by molar-refractivity contribution is 6.01. The van der Waals surface area contributed by atoms with E-state index in [2.05, 4.69) is 13.0 Å². The highest BCUT2D eigenvalue weighted by Crippen LogP contribution is 2.29. The number of piperidine rings is 1. The smallest absolute Gasteiger partial charge is 0.245 e. The van der Waals surface area contributed by atoms with Gasteiger partial charge in [-0.25, -0.2) is 0 Å². The van der Waals surface area contributed by atoms with Gasteiger partial charge in [0.05, 0.1) is 0 Å². The Morgan fingerprint density at radius 3 is 2.61 bits per heavy atom. The second kappa shape index (κ2) is 6.73. The number of amides is 2. The van der Waals surface area contributed by atoms with E-state index in [1.54, 1.807) is 4.90 Å². The van der Waals surface area contributed by atoms with Crippen molar-refractivity contribution in [2.75, 3.05) is 18.0 Å². The number of carbonyl (C=O) groups excluding carboxylic acids is 2. The number of fused-ring (bicyclic) bond motifs is 1. The van der Waals surface area contributed by atoms with Crippen LogP contribution in [0.4, 0.5) is 5.69 Å². The van der Waals surface area contributed by atoms with Crippen molar-refractivity contribution in [3.8, 4) is 0 Å². The molecule has 2 aliphatic rings. The Kier molecular flexibility index (Phi) is 4.69. The topological polar surface area (TPSA) is 40.6 Å². The molecule has 1 fully saturated rings. The van der Waals surface area contributed by atoms with Gasteiger partial charge in [0.1, 0.15) is 6.04 Å². The predicted molar refractivity (Wildman–Crippen MR) is 91.3 cm³/mol. The average molecular weight is 314 g/mol. The van der Waals surface area contributed by atoms with Crippen LogP contribution in [-0.4, -0.2) is 35.8 Å². The number of rotatable bonds is 2. The molecule has 2 amide bonds. The number of aryl methyl sites for hydroxylation is 1. The molecule has 1 aromatic carbocycles. The molecule has 124 valence electrons. The van der Waals surface area contributed by atoms with E-state index in [0.717, 1.165) is 44.5 Å². The highest BCUT2D eigenvalue weighted by atomic mass is 16.2. The summed E-state index contributed by atoms with van der Waals surface area (Å²) in [6.45, 7) is 5.74. The zero-order chi connectivity index (χ0) is 16.4. The Morgan fingerprint density at radius 1 is 1.17 bits per heavy atom. The second-order valence-corrected chi connectivity index (χ2v) is 6.93. The van der Waals surface area contributed by atoms with Crippen LogP contribution in [0.25, 0.3) is 0 Å². The molecule has 1 atom stereocenters. The Hall–Kier alpha value is -1.84. The molecule has 1 saturated heterocycles. The van der Waals surface area contributed by atoms with Crippen molar-refractivity contribution >= 4 is 17.5 Å². The largest absolute Gasteiger partial charge is 0.341 e. The SMILES string of the molecule is CC1CCN(C(=O)[C@H](C)N2C(=O)CCCc3ccccc32)CC1. The summed E-state index contributed by atoms with van der Waals surface area (Å²) in [6, 6.07) is 7.58. The van der Waals surface area contributed by atoms with Crippen LogP contribution >= 0.6 is 0 Å². The summed E-state index contributed by atoms with van der Waals surface area (Å²) >= 11 is 0. The minimum atomic E-state index is -0.421. The van der Waals surface area contributed by atoms with Crippen LogP contribution in [0.15, 0.2) is 24.3 Å². The number of hydrogen-bond acceptors (Lipinski definition) is 2. The van der Waals surface area contributed by atoms with Gasteiger partial charge in [-0.15, -0.1) is 0 Å². The quantitative estimate of drug-likeness (QED) is 0.842. The number of benzene rings is 1. The fraction of sp³-hybridized carbons (Fsp3) is 0.579. The molecule has 0 unspecified atom stereocenters. The molecule has 0 aromatic heterocycles. The fourth-order valence-electron chi connectivity index (χ4n) is 3.67. The molecule has 0 bridgehead atoms. The van der Waals surface area contributed by atoms with Crippen molar-refractivity contribution < 1.29 is 9.59 Å². The maximum atomic E-state index is 12.9. The van der Waals surface area contributed by atoms with Gasteiger partial charge in [0.15, 0.2) is 0 Å². The van der Waals surface area contributed by atoms with Gasteiger partial charge < -0.3 is 4.90 Å². The van der Waals surface area contributed by atoms with Crippen molar-refractivity contribution in [3.63, 3.8) is 0 Å². The number of likely N-dealkylation sites (tertiary alicyclic amines) is 1. The summed E-state index contributed by atoms with van der Waals surface area (Å²) in [4.78, 5) is 29.2. The summed E-state index contributed by atoms with van der Waals surface area (Å²) in [5, 5.41) is 0. The maximum Gasteiger partial charge on any atom is 0.245 e. The molecular weight excluding hydrogens is 288 g/mol. The van der Waals surface area contributed by atoms with E-state index in [0.29, 0.717) is 12.3 Å². The lowest BCUT2D eigenvalue weighted by atomic mass is 9.98. The first kappa shape index (κ1) is 16.0. The zero-order valence-electron chi connectivity index (χ0n) is 14.1. The lowest BCUT2D eigenvalue weighted by Crippen LogP contribution is -2.51. The number of nitrogens with zero attached hydrogens (tertiary/aromatic N) is 2. The van der Waals surface area contributed by atoms with Crippen molar-refractivity contribution in [3.05, 3.63) is 29.8 Å². The molecule has 4 heteroatoms. The molecule has 2 aliphatic heterocycles. The van der Waals surface area contributed by atoms with E-state index in [1.165, 1.54) is 5.56 Å². The Balaban J connectivity index is 1.83. The summed E-state index contributed by atoms with van der Waals surface area (Å²) in [7, 11) is 0. The van der Waals surface area contributed by atoms with Crippen LogP contribution in [0.3, 0.4) is 0 Å². The third-order valence-corrected chi connectivity index (χ3v) is 5.20. The Morgan fingerprint density at radius 2 is 1.87 bits per heavy atom. The van der Waals surface area contributed by atoms with Gasteiger partial charge in [-0.2, -0.15) is 0 Å². The molecule has 4 nitrogen and oxygen atoms in total. The molecule has 0 spiro atoms. The minimum Gasteiger partial charge on any atom is -0.341 e. The van der Waals surface area contributed by atoms with Gasteiger partial charge in [0.2, 0.25) is 11.8 Å². The average Bonchev–Trinajstić information content (AvgIpc) is 2.72. The van der Waals surface area contributed by atoms with E-state index in [1.807, 2.05) is 30.0 Å². The number of para-hydroxylation sites is 1. The van der Waals surface area contributed by atoms with Crippen molar-refractivity contribution in [2.45, 2.75) is 52.0 Å². The van der Waals surface area contributed by atoms with E-state index in [9.17, 15) is 9.59 Å². The van der Waals surface area contributed by atoms with Gasteiger partial charge >= 0.3 is 0 Å². The molecule has 0 N–H and O–H groups in total. The van der Waals surface area contributed by atoms with Gasteiger partial charge in [0.25, 0.3) is 0 Å². The molecule has 3 rings (SSSR count). The first-order valence-corrected chi connectivity index (χ1v) is 8.76. The third-order valence-electron chi connectivity index (χ3n) is 5.20. The molecular formula is C19H26N2O2. The number of hydrogen-bond donors (Lipinski definition) is 0. The highest BCUT2D eigenvalue weighted by Gasteiger charge is 2.33. The van der Waals surface area contributed by atoms with Gasteiger partial charge in [-0.1, -0.05) is 25.1 Å². The summed E-state index contributed by atoms with van der Waals surface area (Å²) < 4.78 is 0. The first-order chi connectivity index (χ1) is 11.1. The predicted octanol–water partition coefficient (Wildman–Crippen LogP) is 3.00. The van der Waals surface area contributed by atoms with Gasteiger partial charge in [-0.3, -0.25) is 14.5 Å². The second-order valence-electron chi connectivity index (χ2n) is 6.93. The first-order valence-electron chi connectivity index (χ1n) is 8.76. The lowest BCUT2D eigenvalue weighted by Gasteiger charge is -2.36. The molecule has 0 radical (unpaired) electrons. The van der Waals surface area contributed by atoms with E-state index >= 15 is 0 Å². The third kappa shape index (κ3) is 3.26. The lowest BCUT2D eigenvalue weighted by molar-refractivity contribution is -0.135. The van der Waals surface area contributed by atoms with Crippen LogP contribution in [0.5, 0.6) is 0 Å².